The summed E-state index contributed by atoms with van der Waals surface area (Å²) in [5.41, 5.74) is 2.24. The van der Waals surface area contributed by atoms with Crippen LogP contribution in [0.3, 0.4) is 0 Å². The van der Waals surface area contributed by atoms with E-state index in [2.05, 4.69) is 0 Å². The van der Waals surface area contributed by atoms with Gasteiger partial charge in [-0.1, -0.05) is 0 Å². The number of carbonyl (C=O) groups is 1. The van der Waals surface area contributed by atoms with E-state index >= 15 is 0 Å². The third-order valence-electron chi connectivity index (χ3n) is 4.76. The Balaban J connectivity index is 1.73. The molecule has 1 heterocycles. The van der Waals surface area contributed by atoms with Crippen LogP contribution in [0.25, 0.3) is 0 Å². The van der Waals surface area contributed by atoms with E-state index in [9.17, 15) is 13.2 Å². The molecule has 1 amide bonds. The molecule has 0 N–H and O–H groups in total. The van der Waals surface area contributed by atoms with E-state index in [4.69, 9.17) is 0 Å². The van der Waals surface area contributed by atoms with Gasteiger partial charge >= 0.3 is 172 Å². The van der Waals surface area contributed by atoms with E-state index in [0.29, 0.717) is 10.9 Å². The van der Waals surface area contributed by atoms with Crippen molar-refractivity contribution in [1.29, 1.82) is 0 Å². The van der Waals surface area contributed by atoms with Gasteiger partial charge in [0.2, 0.25) is 0 Å². The first kappa shape index (κ1) is 18.9. The molecule has 28 heavy (non-hydrogen) atoms. The van der Waals surface area contributed by atoms with Gasteiger partial charge in [0.05, 0.1) is 0 Å². The minimum absolute atomic E-state index is 0.0463. The van der Waals surface area contributed by atoms with Crippen molar-refractivity contribution in [1.82, 2.24) is 4.31 Å². The first-order valence-electron chi connectivity index (χ1n) is 8.91. The molecule has 0 bridgehead atoms. The Morgan fingerprint density at radius 3 is 2.25 bits per heavy atom. The van der Waals surface area contributed by atoms with Gasteiger partial charge in [0.25, 0.3) is 0 Å². The number of aryl methyl sites for hydroxylation is 1. The number of sulfonamides is 1. The van der Waals surface area contributed by atoms with E-state index in [1.54, 1.807) is 36.4 Å². The molecule has 142 valence electrons. The summed E-state index contributed by atoms with van der Waals surface area (Å²) in [4.78, 5) is 13.2. The van der Waals surface area contributed by atoms with Crippen LogP contribution in [0.5, 0.6) is 0 Å². The summed E-state index contributed by atoms with van der Waals surface area (Å²) < 4.78 is 29.0. The number of nitrogens with zero attached hydrogens (tertiary/aromatic N) is 1. The molecular formula is C22H19NO3SSe. The third-order valence-corrected chi connectivity index (χ3v) is 8.85. The van der Waals surface area contributed by atoms with Crippen molar-refractivity contribution in [2.75, 3.05) is 0 Å². The Morgan fingerprint density at radius 2 is 1.54 bits per heavy atom. The summed E-state index contributed by atoms with van der Waals surface area (Å²) in [6.07, 6.45) is 0. The van der Waals surface area contributed by atoms with Crippen LogP contribution in [0.1, 0.15) is 27.5 Å². The van der Waals surface area contributed by atoms with Crippen molar-refractivity contribution < 1.29 is 13.2 Å². The fourth-order valence-electron chi connectivity index (χ4n) is 3.32. The first-order valence-corrected chi connectivity index (χ1v) is 12.4. The molecule has 0 saturated carbocycles. The Bertz CT molecular complexity index is 1110. The zero-order chi connectivity index (χ0) is 19.7. The average molecular weight is 456 g/mol. The Morgan fingerprint density at radius 1 is 0.893 bits per heavy atom. The molecule has 4 nitrogen and oxygen atoms in total. The van der Waals surface area contributed by atoms with Crippen molar-refractivity contribution in [3.05, 3.63) is 95.6 Å². The van der Waals surface area contributed by atoms with Gasteiger partial charge in [-0.05, 0) is 0 Å². The minimum atomic E-state index is -3.93. The van der Waals surface area contributed by atoms with Crippen LogP contribution >= 0.6 is 0 Å². The molecule has 0 aromatic heterocycles. The normalized spacial score (nSPS) is 16.2. The number of hydrogen-bond acceptors (Lipinski definition) is 3. The van der Waals surface area contributed by atoms with Crippen molar-refractivity contribution in [3.8, 4) is 0 Å². The van der Waals surface area contributed by atoms with Crippen molar-refractivity contribution in [2.24, 2.45) is 0 Å². The van der Waals surface area contributed by atoms with E-state index < -0.39 is 22.0 Å². The van der Waals surface area contributed by atoms with Crippen LogP contribution < -0.4 is 4.46 Å². The molecule has 0 saturated heterocycles. The zero-order valence-corrected chi connectivity index (χ0v) is 17.8. The number of hydrogen-bond donors (Lipinski definition) is 0. The number of carbonyl (C=O) groups excluding carboxylic acids is 1. The molecule has 0 radical (unpaired) electrons. The van der Waals surface area contributed by atoms with Gasteiger partial charge in [0, 0.05) is 0 Å². The average Bonchev–Trinajstić information content (AvgIpc) is 3.00. The number of amides is 1. The quantitative estimate of drug-likeness (QED) is 0.554. The summed E-state index contributed by atoms with van der Waals surface area (Å²) in [6.45, 7) is 1.90. The maximum absolute atomic E-state index is 13.4. The molecule has 0 spiro atoms. The van der Waals surface area contributed by atoms with Crippen LogP contribution in [-0.2, 0) is 10.0 Å². The van der Waals surface area contributed by atoms with Crippen molar-refractivity contribution >= 4 is 35.3 Å². The Hall–Kier alpha value is -2.40. The van der Waals surface area contributed by atoms with Gasteiger partial charge in [-0.15, -0.1) is 0 Å². The molecule has 3 aromatic carbocycles. The van der Waals surface area contributed by atoms with Crippen LogP contribution in [0.15, 0.2) is 83.8 Å². The van der Waals surface area contributed by atoms with Gasteiger partial charge in [0.15, 0.2) is 0 Å². The van der Waals surface area contributed by atoms with E-state index in [1.165, 1.54) is 4.46 Å². The predicted octanol–water partition coefficient (Wildman–Crippen LogP) is 3.33. The maximum atomic E-state index is 13.4. The van der Waals surface area contributed by atoms with Gasteiger partial charge in [-0.2, -0.15) is 0 Å². The van der Waals surface area contributed by atoms with Crippen molar-refractivity contribution in [2.45, 2.75) is 23.2 Å². The van der Waals surface area contributed by atoms with Gasteiger partial charge in [-0.25, -0.2) is 0 Å². The number of fused-ring (bicyclic) bond motifs is 1. The fourth-order valence-corrected chi connectivity index (χ4v) is 7.24. The predicted molar refractivity (Wildman–Crippen MR) is 110 cm³/mol. The molecule has 1 aliphatic heterocycles. The zero-order valence-electron chi connectivity index (χ0n) is 15.3. The van der Waals surface area contributed by atoms with Gasteiger partial charge in [-0.3, -0.25) is 0 Å². The Labute approximate surface area is 171 Å². The van der Waals surface area contributed by atoms with Gasteiger partial charge in [0.1, 0.15) is 0 Å². The molecule has 3 aromatic rings. The van der Waals surface area contributed by atoms with Crippen LogP contribution in [-0.4, -0.2) is 33.6 Å². The van der Waals surface area contributed by atoms with E-state index in [-0.39, 0.29) is 19.9 Å². The van der Waals surface area contributed by atoms with E-state index in [1.807, 2.05) is 49.4 Å². The molecule has 1 atom stereocenters. The number of benzene rings is 3. The summed E-state index contributed by atoms with van der Waals surface area (Å²) in [5, 5.41) is 0.602. The monoisotopic (exact) mass is 457 g/mol. The fraction of sp³-hybridized carbons (Fsp3) is 0.136. The van der Waals surface area contributed by atoms with E-state index in [0.717, 1.165) is 15.4 Å². The SMILES string of the molecule is Cc1ccc(S(=O)(=O)N2C(=O)c3ccccc3[C@@H]2C[Se]c2ccccc2)cc1. The topological polar surface area (TPSA) is 54.5 Å². The van der Waals surface area contributed by atoms with Crippen LogP contribution in [0, 0.1) is 6.92 Å². The molecule has 0 unspecified atom stereocenters. The number of rotatable bonds is 5. The molecular weight excluding hydrogens is 437 g/mol. The summed E-state index contributed by atoms with van der Waals surface area (Å²) in [7, 11) is -3.93. The molecule has 4 rings (SSSR count). The Kier molecular flexibility index (Phi) is 5.11. The molecule has 1 aliphatic rings. The summed E-state index contributed by atoms with van der Waals surface area (Å²) in [6, 6.07) is 23.4. The molecule has 0 aliphatic carbocycles. The third kappa shape index (κ3) is 3.39. The summed E-state index contributed by atoms with van der Waals surface area (Å²) in [5.74, 6) is -0.440. The second kappa shape index (κ2) is 7.55. The van der Waals surface area contributed by atoms with Crippen LogP contribution in [0.2, 0.25) is 5.32 Å². The van der Waals surface area contributed by atoms with Crippen LogP contribution in [0.4, 0.5) is 0 Å². The summed E-state index contributed by atoms with van der Waals surface area (Å²) >= 11 is 0.0463. The second-order valence-corrected chi connectivity index (χ2v) is 10.8. The van der Waals surface area contributed by atoms with Gasteiger partial charge < -0.3 is 0 Å². The second-order valence-electron chi connectivity index (χ2n) is 6.65. The standard InChI is InChI=1S/C22H19NO3SSe/c1-16-11-13-17(14-12-16)27(25,26)23-21(15-28-18-7-3-2-4-8-18)19-9-5-6-10-20(19)22(23)24/h2-14,21H,15H2,1H3/t21-/m0/s1. The molecule has 0 fully saturated rings. The van der Waals surface area contributed by atoms with Crippen molar-refractivity contribution in [3.63, 3.8) is 0 Å². The molecule has 6 heteroatoms. The first-order chi connectivity index (χ1) is 13.5.